The molecule has 0 radical (unpaired) electrons. The number of fused-ring (bicyclic) bond motifs is 3. The van der Waals surface area contributed by atoms with Crippen molar-refractivity contribution in [2.24, 2.45) is 0 Å². The van der Waals surface area contributed by atoms with Crippen LogP contribution >= 0.6 is 11.3 Å². The van der Waals surface area contributed by atoms with Crippen molar-refractivity contribution >= 4 is 22.0 Å². The van der Waals surface area contributed by atoms with E-state index in [2.05, 4.69) is 22.5 Å². The quantitative estimate of drug-likeness (QED) is 0.816. The van der Waals surface area contributed by atoms with Gasteiger partial charge in [0.1, 0.15) is 0 Å². The molecule has 2 heterocycles. The Morgan fingerprint density at radius 1 is 1.65 bits per heavy atom. The van der Waals surface area contributed by atoms with E-state index in [0.29, 0.717) is 11.2 Å². The highest BCUT2D eigenvalue weighted by molar-refractivity contribution is 7.15. The van der Waals surface area contributed by atoms with Crippen LogP contribution < -0.4 is 5.73 Å². The van der Waals surface area contributed by atoms with E-state index in [9.17, 15) is 0 Å². The molecular weight excluding hydrogens is 230 g/mol. The van der Waals surface area contributed by atoms with Gasteiger partial charge in [-0.05, 0) is 24.8 Å². The van der Waals surface area contributed by atoms with Gasteiger partial charge in [-0.1, -0.05) is 12.2 Å². The summed E-state index contributed by atoms with van der Waals surface area (Å²) in [4.78, 5) is 8.37. The molecule has 0 spiro atoms. The largest absolute Gasteiger partial charge is 0.375 e. The lowest BCUT2D eigenvalue weighted by atomic mass is 9.87. The van der Waals surface area contributed by atoms with Crippen LogP contribution in [0.3, 0.4) is 0 Å². The average Bonchev–Trinajstić information content (AvgIpc) is 2.70. The third kappa shape index (κ3) is 1.81. The molecule has 0 saturated carbocycles. The van der Waals surface area contributed by atoms with Crippen LogP contribution in [-0.2, 0) is 6.42 Å². The summed E-state index contributed by atoms with van der Waals surface area (Å²) in [5, 5.41) is 0.706. The maximum atomic E-state index is 5.82. The Balaban J connectivity index is 1.97. The van der Waals surface area contributed by atoms with Crippen LogP contribution in [0.4, 0.5) is 5.13 Å². The van der Waals surface area contributed by atoms with Gasteiger partial charge < -0.3 is 5.73 Å². The Kier molecular flexibility index (Phi) is 2.76. The van der Waals surface area contributed by atoms with E-state index in [-0.39, 0.29) is 0 Å². The number of nitrogens with two attached hydrogens (primary N) is 1. The summed E-state index contributed by atoms with van der Waals surface area (Å²) in [6, 6.07) is 0.524. The summed E-state index contributed by atoms with van der Waals surface area (Å²) in [5.41, 5.74) is 8.38. The summed E-state index contributed by atoms with van der Waals surface area (Å²) < 4.78 is 0. The molecule has 1 unspecified atom stereocenters. The molecule has 2 N–H and O–H groups in total. The monoisotopic (exact) mass is 247 g/mol. The third-order valence-electron chi connectivity index (χ3n) is 3.58. The number of hydrogen-bond acceptors (Lipinski definition) is 4. The van der Waals surface area contributed by atoms with Crippen LogP contribution in [0.1, 0.15) is 23.4 Å². The maximum absolute atomic E-state index is 5.82. The first-order valence-electron chi connectivity index (χ1n) is 6.10. The third-order valence-corrected chi connectivity index (χ3v) is 4.52. The fraction of sp³-hybridized carbons (Fsp3) is 0.462. The number of thiazole rings is 1. The highest BCUT2D eigenvalue weighted by Crippen LogP contribution is 2.39. The predicted octanol–water partition coefficient (Wildman–Crippen LogP) is 2.32. The van der Waals surface area contributed by atoms with Crippen LogP contribution in [-0.4, -0.2) is 29.0 Å². The number of nitrogen functional groups attached to an aromatic ring is 1. The molecule has 0 bridgehead atoms. The topological polar surface area (TPSA) is 42.2 Å². The van der Waals surface area contributed by atoms with Gasteiger partial charge in [-0.3, -0.25) is 4.90 Å². The molecule has 1 atom stereocenters. The molecule has 3 rings (SSSR count). The van der Waals surface area contributed by atoms with Gasteiger partial charge in [0.15, 0.2) is 5.13 Å². The summed E-state index contributed by atoms with van der Waals surface area (Å²) in [6.45, 7) is 5.95. The molecule has 0 fully saturated rings. The van der Waals surface area contributed by atoms with E-state index in [0.717, 1.165) is 31.6 Å². The first-order valence-corrected chi connectivity index (χ1v) is 6.92. The minimum atomic E-state index is 0.524. The first kappa shape index (κ1) is 11.0. The second kappa shape index (κ2) is 4.27. The van der Waals surface area contributed by atoms with Gasteiger partial charge in [-0.2, -0.15) is 0 Å². The molecule has 4 heteroatoms. The Labute approximate surface area is 106 Å². The van der Waals surface area contributed by atoms with E-state index in [1.165, 1.54) is 16.9 Å². The van der Waals surface area contributed by atoms with E-state index < -0.39 is 0 Å². The molecule has 90 valence electrons. The molecule has 0 aromatic carbocycles. The molecule has 3 nitrogen and oxygen atoms in total. The summed E-state index contributed by atoms with van der Waals surface area (Å²) in [6.07, 6.45) is 7.75. The molecular formula is C13H17N3S. The number of aromatic nitrogens is 1. The van der Waals surface area contributed by atoms with Gasteiger partial charge in [-0.15, -0.1) is 17.9 Å². The zero-order valence-electron chi connectivity index (χ0n) is 9.85. The summed E-state index contributed by atoms with van der Waals surface area (Å²) in [5.74, 6) is 0. The maximum Gasteiger partial charge on any atom is 0.180 e. The van der Waals surface area contributed by atoms with E-state index >= 15 is 0 Å². The Hall–Kier alpha value is -1.13. The Morgan fingerprint density at radius 3 is 3.35 bits per heavy atom. The molecule has 1 aromatic rings. The average molecular weight is 247 g/mol. The van der Waals surface area contributed by atoms with E-state index in [4.69, 9.17) is 5.73 Å². The summed E-state index contributed by atoms with van der Waals surface area (Å²) in [7, 11) is 0. The van der Waals surface area contributed by atoms with Crippen molar-refractivity contribution in [2.75, 3.05) is 18.8 Å². The number of rotatable bonds is 2. The van der Waals surface area contributed by atoms with Gasteiger partial charge >= 0.3 is 0 Å². The van der Waals surface area contributed by atoms with Crippen molar-refractivity contribution < 1.29 is 0 Å². The zero-order valence-corrected chi connectivity index (χ0v) is 10.7. The minimum Gasteiger partial charge on any atom is -0.375 e. The van der Waals surface area contributed by atoms with E-state index in [1.807, 2.05) is 6.08 Å². The standard InChI is InChI=1S/C13H17N3S/c1-2-7-16-8-3-4-9-10(16)5-6-11-12(9)15-13(14)17-11/h2,4,10H,1,3,5-8H2,(H2,14,15). The predicted molar refractivity (Wildman–Crippen MR) is 73.0 cm³/mol. The van der Waals surface area contributed by atoms with Crippen molar-refractivity contribution in [1.29, 1.82) is 0 Å². The Bertz CT molecular complexity index is 475. The molecule has 17 heavy (non-hydrogen) atoms. The molecule has 1 aromatic heterocycles. The van der Waals surface area contributed by atoms with Gasteiger partial charge in [0.05, 0.1) is 5.69 Å². The SMILES string of the molecule is C=CCN1CCC=C2c3nc(N)sc3CCC21. The number of nitrogens with zero attached hydrogens (tertiary/aromatic N) is 2. The number of anilines is 1. The minimum absolute atomic E-state index is 0.524. The first-order chi connectivity index (χ1) is 8.29. The lowest BCUT2D eigenvalue weighted by molar-refractivity contribution is 0.242. The lowest BCUT2D eigenvalue weighted by Crippen LogP contribution is -2.41. The van der Waals surface area contributed by atoms with Crippen molar-refractivity contribution in [3.05, 3.63) is 29.3 Å². The van der Waals surface area contributed by atoms with Gasteiger partial charge in [-0.25, -0.2) is 4.98 Å². The van der Waals surface area contributed by atoms with Crippen molar-refractivity contribution in [3.8, 4) is 0 Å². The second-order valence-electron chi connectivity index (χ2n) is 4.61. The van der Waals surface area contributed by atoms with Gasteiger partial charge in [0.25, 0.3) is 0 Å². The normalized spacial score (nSPS) is 23.8. The van der Waals surface area contributed by atoms with Crippen LogP contribution in [0.2, 0.25) is 0 Å². The molecule has 1 aliphatic carbocycles. The van der Waals surface area contributed by atoms with Crippen LogP contribution in [0.15, 0.2) is 18.7 Å². The van der Waals surface area contributed by atoms with Gasteiger partial charge in [0, 0.05) is 24.0 Å². The smallest absolute Gasteiger partial charge is 0.180 e. The molecule has 0 amide bonds. The fourth-order valence-corrected chi connectivity index (χ4v) is 3.75. The number of aryl methyl sites for hydroxylation is 1. The fourth-order valence-electron chi connectivity index (χ4n) is 2.88. The second-order valence-corrected chi connectivity index (χ2v) is 5.73. The highest BCUT2D eigenvalue weighted by Gasteiger charge is 2.32. The Morgan fingerprint density at radius 2 is 2.53 bits per heavy atom. The van der Waals surface area contributed by atoms with Crippen LogP contribution in [0.5, 0.6) is 0 Å². The van der Waals surface area contributed by atoms with Gasteiger partial charge in [0.2, 0.25) is 0 Å². The lowest BCUT2D eigenvalue weighted by Gasteiger charge is -2.37. The van der Waals surface area contributed by atoms with E-state index in [1.54, 1.807) is 11.3 Å². The summed E-state index contributed by atoms with van der Waals surface area (Å²) >= 11 is 1.65. The van der Waals surface area contributed by atoms with Crippen LogP contribution in [0, 0.1) is 0 Å². The molecule has 1 aliphatic heterocycles. The van der Waals surface area contributed by atoms with Crippen LogP contribution in [0.25, 0.3) is 5.57 Å². The van der Waals surface area contributed by atoms with Crippen molar-refractivity contribution in [1.82, 2.24) is 9.88 Å². The van der Waals surface area contributed by atoms with Crippen molar-refractivity contribution in [2.45, 2.75) is 25.3 Å². The highest BCUT2D eigenvalue weighted by atomic mass is 32.1. The number of hydrogen-bond donors (Lipinski definition) is 1. The molecule has 2 aliphatic rings. The zero-order chi connectivity index (χ0) is 11.8. The van der Waals surface area contributed by atoms with Crippen molar-refractivity contribution in [3.63, 3.8) is 0 Å². The molecule has 0 saturated heterocycles.